The monoisotopic (exact) mass is 407 g/mol. The first-order valence-corrected chi connectivity index (χ1v) is 10.4. The van der Waals surface area contributed by atoms with Crippen LogP contribution in [0.15, 0.2) is 53.1 Å². The van der Waals surface area contributed by atoms with E-state index in [9.17, 15) is 4.79 Å². The Kier molecular flexibility index (Phi) is 5.14. The molecular formula is C23H25N3O4. The van der Waals surface area contributed by atoms with Gasteiger partial charge in [-0.05, 0) is 44.0 Å². The van der Waals surface area contributed by atoms with Gasteiger partial charge in [-0.2, -0.15) is 5.10 Å². The molecule has 0 N–H and O–H groups in total. The summed E-state index contributed by atoms with van der Waals surface area (Å²) in [6.07, 6.45) is 3.53. The van der Waals surface area contributed by atoms with Crippen LogP contribution in [0.1, 0.15) is 29.0 Å². The summed E-state index contributed by atoms with van der Waals surface area (Å²) in [5, 5.41) is 4.70. The average molecular weight is 407 g/mol. The SMILES string of the molecule is Cc1ccc(-c2nn(-c3ccccc3)cc2C(=O)N2CCCC(C3OCCO3)C2)o1. The van der Waals surface area contributed by atoms with Gasteiger partial charge in [0.1, 0.15) is 11.5 Å². The number of rotatable bonds is 4. The molecule has 2 aromatic heterocycles. The van der Waals surface area contributed by atoms with Crippen LogP contribution in [0.5, 0.6) is 0 Å². The third kappa shape index (κ3) is 3.66. The summed E-state index contributed by atoms with van der Waals surface area (Å²) in [5.41, 5.74) is 2.00. The van der Waals surface area contributed by atoms with Crippen molar-refractivity contribution in [3.8, 4) is 17.1 Å². The van der Waals surface area contributed by atoms with Gasteiger partial charge >= 0.3 is 0 Å². The molecule has 1 amide bonds. The minimum absolute atomic E-state index is 0.0380. The normalized spacial score (nSPS) is 20.0. The summed E-state index contributed by atoms with van der Waals surface area (Å²) in [6.45, 7) is 4.48. The first kappa shape index (κ1) is 19.1. The maximum atomic E-state index is 13.6. The number of likely N-dealkylation sites (tertiary alicyclic amines) is 1. The minimum atomic E-state index is -0.208. The molecule has 0 radical (unpaired) electrons. The number of piperidine rings is 1. The van der Waals surface area contributed by atoms with E-state index in [1.54, 1.807) is 10.9 Å². The summed E-state index contributed by atoms with van der Waals surface area (Å²) in [5.74, 6) is 1.54. The zero-order chi connectivity index (χ0) is 20.5. The number of carbonyl (C=O) groups excluding carboxylic acids is 1. The van der Waals surface area contributed by atoms with Gasteiger partial charge in [-0.25, -0.2) is 4.68 Å². The van der Waals surface area contributed by atoms with Crippen LogP contribution in [0, 0.1) is 12.8 Å². The maximum Gasteiger partial charge on any atom is 0.257 e. The number of aromatic nitrogens is 2. The largest absolute Gasteiger partial charge is 0.460 e. The fourth-order valence-electron chi connectivity index (χ4n) is 4.22. The second kappa shape index (κ2) is 8.08. The number of benzene rings is 1. The van der Waals surface area contributed by atoms with Crippen molar-refractivity contribution in [3.63, 3.8) is 0 Å². The van der Waals surface area contributed by atoms with Crippen LogP contribution in [-0.2, 0) is 9.47 Å². The van der Waals surface area contributed by atoms with Gasteiger partial charge in [0.25, 0.3) is 5.91 Å². The molecule has 1 unspecified atom stereocenters. The van der Waals surface area contributed by atoms with E-state index in [0.717, 1.165) is 30.8 Å². The molecule has 4 heterocycles. The van der Waals surface area contributed by atoms with Crippen molar-refractivity contribution < 1.29 is 18.7 Å². The van der Waals surface area contributed by atoms with Crippen LogP contribution in [0.3, 0.4) is 0 Å². The Morgan fingerprint density at radius 2 is 1.90 bits per heavy atom. The Hall–Kier alpha value is -2.90. The summed E-state index contributed by atoms with van der Waals surface area (Å²) < 4.78 is 18.9. The van der Waals surface area contributed by atoms with Crippen LogP contribution >= 0.6 is 0 Å². The molecule has 7 heteroatoms. The molecule has 2 aliphatic rings. The zero-order valence-corrected chi connectivity index (χ0v) is 17.0. The minimum Gasteiger partial charge on any atom is -0.460 e. The van der Waals surface area contributed by atoms with Crippen molar-refractivity contribution in [3.05, 3.63) is 60.0 Å². The highest BCUT2D eigenvalue weighted by Crippen LogP contribution is 2.30. The van der Waals surface area contributed by atoms with Gasteiger partial charge in [0.15, 0.2) is 12.1 Å². The van der Waals surface area contributed by atoms with Crippen molar-refractivity contribution in [2.75, 3.05) is 26.3 Å². The van der Waals surface area contributed by atoms with Crippen LogP contribution in [0.2, 0.25) is 0 Å². The highest BCUT2D eigenvalue weighted by Gasteiger charge is 2.34. The summed E-state index contributed by atoms with van der Waals surface area (Å²) >= 11 is 0. The molecule has 2 fully saturated rings. The number of amides is 1. The lowest BCUT2D eigenvalue weighted by atomic mass is 9.96. The van der Waals surface area contributed by atoms with Crippen LogP contribution in [0.4, 0.5) is 0 Å². The van der Waals surface area contributed by atoms with Gasteiger partial charge in [0, 0.05) is 25.2 Å². The van der Waals surface area contributed by atoms with Crippen molar-refractivity contribution in [1.29, 1.82) is 0 Å². The quantitative estimate of drug-likeness (QED) is 0.660. The Balaban J connectivity index is 1.47. The average Bonchev–Trinajstić information content (AvgIpc) is 3.54. The summed E-state index contributed by atoms with van der Waals surface area (Å²) in [6, 6.07) is 13.5. The lowest BCUT2D eigenvalue weighted by Gasteiger charge is -2.34. The second-order valence-electron chi connectivity index (χ2n) is 7.85. The third-order valence-electron chi connectivity index (χ3n) is 5.72. The molecule has 0 bridgehead atoms. The van der Waals surface area contributed by atoms with Gasteiger partial charge in [0.2, 0.25) is 0 Å². The van der Waals surface area contributed by atoms with E-state index < -0.39 is 0 Å². The number of nitrogens with zero attached hydrogens (tertiary/aromatic N) is 3. The molecule has 1 aromatic carbocycles. The standard InChI is InChI=1S/C23H25N3O4/c1-16-9-10-20(30-16)21-19(15-26(24-21)18-7-3-2-4-8-18)22(27)25-11-5-6-17(14-25)23-28-12-13-29-23/h2-4,7-10,15,17,23H,5-6,11-14H2,1H3. The van der Waals surface area contributed by atoms with E-state index in [1.165, 1.54) is 0 Å². The van der Waals surface area contributed by atoms with Gasteiger partial charge in [0.05, 0.1) is 24.5 Å². The predicted octanol–water partition coefficient (Wildman–Crippen LogP) is 3.67. The van der Waals surface area contributed by atoms with Crippen LogP contribution in [-0.4, -0.2) is 53.2 Å². The van der Waals surface area contributed by atoms with Crippen molar-refractivity contribution in [2.45, 2.75) is 26.1 Å². The zero-order valence-electron chi connectivity index (χ0n) is 17.0. The fourth-order valence-corrected chi connectivity index (χ4v) is 4.22. The molecule has 7 nitrogen and oxygen atoms in total. The molecule has 3 aromatic rings. The number of para-hydroxylation sites is 1. The second-order valence-corrected chi connectivity index (χ2v) is 7.85. The summed E-state index contributed by atoms with van der Waals surface area (Å²) in [4.78, 5) is 15.4. The van der Waals surface area contributed by atoms with Crippen molar-refractivity contribution >= 4 is 5.91 Å². The summed E-state index contributed by atoms with van der Waals surface area (Å²) in [7, 11) is 0. The molecule has 2 saturated heterocycles. The first-order chi connectivity index (χ1) is 14.7. The van der Waals surface area contributed by atoms with Gasteiger partial charge in [-0.15, -0.1) is 0 Å². The lowest BCUT2D eigenvalue weighted by molar-refractivity contribution is -0.0969. The maximum absolute atomic E-state index is 13.6. The third-order valence-corrected chi connectivity index (χ3v) is 5.72. The van der Waals surface area contributed by atoms with Gasteiger partial charge in [-0.3, -0.25) is 4.79 Å². The highest BCUT2D eigenvalue weighted by molar-refractivity contribution is 5.99. The predicted molar refractivity (Wildman–Crippen MR) is 110 cm³/mol. The number of carbonyl (C=O) groups is 1. The van der Waals surface area contributed by atoms with Crippen LogP contribution in [0.25, 0.3) is 17.1 Å². The lowest BCUT2D eigenvalue weighted by Crippen LogP contribution is -2.43. The molecule has 5 rings (SSSR count). The van der Waals surface area contributed by atoms with E-state index in [-0.39, 0.29) is 18.1 Å². The highest BCUT2D eigenvalue weighted by atomic mass is 16.7. The molecule has 0 saturated carbocycles. The van der Waals surface area contributed by atoms with Crippen molar-refractivity contribution in [2.24, 2.45) is 5.92 Å². The number of ether oxygens (including phenoxy) is 2. The topological polar surface area (TPSA) is 69.7 Å². The smallest absolute Gasteiger partial charge is 0.257 e. The van der Waals surface area contributed by atoms with E-state index in [2.05, 4.69) is 0 Å². The van der Waals surface area contributed by atoms with Crippen molar-refractivity contribution in [1.82, 2.24) is 14.7 Å². The molecule has 0 aliphatic carbocycles. The molecule has 156 valence electrons. The van der Waals surface area contributed by atoms with E-state index >= 15 is 0 Å². The Morgan fingerprint density at radius 1 is 1.10 bits per heavy atom. The molecular weight excluding hydrogens is 382 g/mol. The Labute approximate surface area is 175 Å². The fraction of sp³-hybridized carbons (Fsp3) is 0.391. The molecule has 30 heavy (non-hydrogen) atoms. The molecule has 1 atom stereocenters. The van der Waals surface area contributed by atoms with Crippen LogP contribution < -0.4 is 0 Å². The van der Waals surface area contributed by atoms with E-state index in [1.807, 2.05) is 54.3 Å². The van der Waals surface area contributed by atoms with Gasteiger partial charge in [-0.1, -0.05) is 18.2 Å². The first-order valence-electron chi connectivity index (χ1n) is 10.4. The number of hydrogen-bond donors (Lipinski definition) is 0. The number of furan rings is 1. The Morgan fingerprint density at radius 3 is 2.63 bits per heavy atom. The number of hydrogen-bond acceptors (Lipinski definition) is 5. The Bertz CT molecular complexity index is 1020. The molecule has 2 aliphatic heterocycles. The van der Waals surface area contributed by atoms with E-state index in [0.29, 0.717) is 36.8 Å². The molecule has 0 spiro atoms. The van der Waals surface area contributed by atoms with Gasteiger partial charge < -0.3 is 18.8 Å². The number of aryl methyl sites for hydroxylation is 1. The van der Waals surface area contributed by atoms with E-state index in [4.69, 9.17) is 19.0 Å².